The van der Waals surface area contributed by atoms with Gasteiger partial charge >= 0.3 is 0 Å². The smallest absolute Gasteiger partial charge is 0.196 e. The van der Waals surface area contributed by atoms with Gasteiger partial charge in [0, 0.05) is 6.54 Å². The molecule has 2 N–H and O–H groups in total. The third-order valence-electron chi connectivity index (χ3n) is 2.30. The molecule has 0 aliphatic rings. The number of ether oxygens (including phenoxy) is 1. The molecule has 2 aromatic rings. The Hall–Kier alpha value is -1.06. The van der Waals surface area contributed by atoms with Crippen molar-refractivity contribution in [2.24, 2.45) is 0 Å². The molecule has 0 saturated heterocycles. The summed E-state index contributed by atoms with van der Waals surface area (Å²) in [7, 11) is -1.37. The molecule has 0 fully saturated rings. The lowest BCUT2D eigenvalue weighted by atomic mass is 10.5. The van der Waals surface area contributed by atoms with Crippen LogP contribution in [0.4, 0.5) is 5.82 Å². The maximum atomic E-state index is 10.6. The zero-order chi connectivity index (χ0) is 13.7. The van der Waals surface area contributed by atoms with Crippen LogP contribution in [0.2, 0.25) is 0 Å². The summed E-state index contributed by atoms with van der Waals surface area (Å²) in [5.41, 5.74) is 6.87. The first-order valence-corrected chi connectivity index (χ1v) is 9.75. The molecule has 0 amide bonds. The minimum absolute atomic E-state index is 0.122. The number of imidazole rings is 1. The van der Waals surface area contributed by atoms with E-state index in [0.29, 0.717) is 30.1 Å². The van der Waals surface area contributed by atoms with Crippen LogP contribution in [-0.2, 0) is 20.4 Å². The molecule has 8 nitrogen and oxygen atoms in total. The summed E-state index contributed by atoms with van der Waals surface area (Å²) >= 11 is 0. The summed E-state index contributed by atoms with van der Waals surface area (Å²) in [5.74, 6) is 0.337. The van der Waals surface area contributed by atoms with Gasteiger partial charge in [-0.1, -0.05) is 0 Å². The third-order valence-corrected chi connectivity index (χ3v) is 6.23. The Kier molecular flexibility index (Phi) is 5.23. The summed E-state index contributed by atoms with van der Waals surface area (Å²) in [6.45, 7) is 0.918. The molecule has 2 heterocycles. The fourth-order valence-corrected chi connectivity index (χ4v) is 2.98. The second kappa shape index (κ2) is 6.92. The van der Waals surface area contributed by atoms with E-state index in [4.69, 9.17) is 10.5 Å². The molecule has 2 rings (SSSR count). The van der Waals surface area contributed by atoms with Gasteiger partial charge in [-0.15, -0.1) is 0 Å². The van der Waals surface area contributed by atoms with Crippen LogP contribution < -0.4 is 5.73 Å². The summed E-state index contributed by atoms with van der Waals surface area (Å²) in [5, 5.41) is 0. The molecule has 0 saturated carbocycles. The monoisotopic (exact) mass is 317 g/mol. The SMILES string of the molecule is Nc1ncnc2c1ncn2CCOCP(P=O)P=O. The molecule has 0 unspecified atom stereocenters. The Labute approximate surface area is 112 Å². The number of hydrogen-bond donors (Lipinski definition) is 1. The normalized spacial score (nSPS) is 13.3. The summed E-state index contributed by atoms with van der Waals surface area (Å²) in [4.78, 5) is 12.1. The number of anilines is 1. The number of hydrogen-bond acceptors (Lipinski definition) is 7. The second-order valence-corrected chi connectivity index (χ2v) is 9.59. The van der Waals surface area contributed by atoms with Crippen molar-refractivity contribution in [1.29, 1.82) is 0 Å². The van der Waals surface area contributed by atoms with Gasteiger partial charge in [0.25, 0.3) is 0 Å². The minimum Gasteiger partial charge on any atom is -0.382 e. The van der Waals surface area contributed by atoms with Crippen LogP contribution in [0.15, 0.2) is 12.7 Å². The first-order chi connectivity index (χ1) is 9.26. The van der Waals surface area contributed by atoms with Crippen LogP contribution in [0, 0.1) is 0 Å². The molecule has 11 heteroatoms. The lowest BCUT2D eigenvalue weighted by molar-refractivity contribution is 0.172. The molecule has 0 aromatic carbocycles. The molecule has 0 aliphatic heterocycles. The molecule has 0 aliphatic carbocycles. The highest BCUT2D eigenvalue weighted by atomic mass is 32.4. The quantitative estimate of drug-likeness (QED) is 0.615. The van der Waals surface area contributed by atoms with Crippen molar-refractivity contribution >= 4 is 40.6 Å². The van der Waals surface area contributed by atoms with Crippen LogP contribution in [0.1, 0.15) is 0 Å². The van der Waals surface area contributed by atoms with Crippen molar-refractivity contribution in [3.8, 4) is 0 Å². The number of nitrogens with zero attached hydrogens (tertiary/aromatic N) is 4. The van der Waals surface area contributed by atoms with Gasteiger partial charge < -0.3 is 15.0 Å². The zero-order valence-electron chi connectivity index (χ0n) is 9.71. The largest absolute Gasteiger partial charge is 0.382 e. The van der Waals surface area contributed by atoms with E-state index in [2.05, 4.69) is 15.0 Å². The maximum absolute atomic E-state index is 10.6. The van der Waals surface area contributed by atoms with Gasteiger partial charge in [-0.05, 0) is 0 Å². The van der Waals surface area contributed by atoms with Gasteiger partial charge in [-0.3, -0.25) is 9.13 Å². The van der Waals surface area contributed by atoms with Crippen LogP contribution in [0.25, 0.3) is 11.2 Å². The van der Waals surface area contributed by atoms with E-state index >= 15 is 0 Å². The van der Waals surface area contributed by atoms with E-state index in [-0.39, 0.29) is 22.6 Å². The highest BCUT2D eigenvalue weighted by Gasteiger charge is 2.09. The van der Waals surface area contributed by atoms with Crippen LogP contribution in [-0.4, -0.2) is 32.5 Å². The minimum atomic E-state index is -1.12. The zero-order valence-corrected chi connectivity index (χ0v) is 12.4. The molecule has 100 valence electrons. The van der Waals surface area contributed by atoms with Gasteiger partial charge in [0.1, 0.15) is 19.1 Å². The Morgan fingerprint density at radius 3 is 2.84 bits per heavy atom. The van der Waals surface area contributed by atoms with Crippen molar-refractivity contribution in [2.45, 2.75) is 6.54 Å². The Balaban J connectivity index is 1.93. The van der Waals surface area contributed by atoms with Gasteiger partial charge in [-0.25, -0.2) is 15.0 Å². The molecule has 0 atom stereocenters. The van der Waals surface area contributed by atoms with E-state index in [9.17, 15) is 9.13 Å². The summed E-state index contributed by atoms with van der Waals surface area (Å²) in [6, 6.07) is 0. The van der Waals surface area contributed by atoms with E-state index in [1.165, 1.54) is 6.33 Å². The maximum Gasteiger partial charge on any atom is 0.196 e. The highest BCUT2D eigenvalue weighted by Crippen LogP contribution is 2.59. The molecule has 0 spiro atoms. The van der Waals surface area contributed by atoms with Crippen molar-refractivity contribution in [2.75, 3.05) is 18.7 Å². The van der Waals surface area contributed by atoms with Crippen LogP contribution in [0.3, 0.4) is 0 Å². The Morgan fingerprint density at radius 1 is 1.32 bits per heavy atom. The Bertz CT molecular complexity index is 584. The van der Waals surface area contributed by atoms with Crippen molar-refractivity contribution in [3.05, 3.63) is 12.7 Å². The third kappa shape index (κ3) is 3.48. The molecular formula is C8H10N5O3P3. The van der Waals surface area contributed by atoms with Crippen molar-refractivity contribution < 1.29 is 13.9 Å². The molecule has 2 aromatic heterocycles. The van der Waals surface area contributed by atoms with Crippen molar-refractivity contribution in [1.82, 2.24) is 19.5 Å². The lowest BCUT2D eigenvalue weighted by Gasteiger charge is -2.05. The first kappa shape index (κ1) is 14.4. The Morgan fingerprint density at radius 2 is 2.11 bits per heavy atom. The standard InChI is InChI=1S/C8H10N5O3P3/c9-7-6-8(11-3-10-7)13(4-12-6)1-2-16-5-19(17-14)18-15/h3-4H,1-2,5H2,(H2,9,10,11). The fraction of sp³-hybridized carbons (Fsp3) is 0.375. The predicted octanol–water partition coefficient (Wildman–Crippen LogP) is 2.28. The van der Waals surface area contributed by atoms with Crippen molar-refractivity contribution in [3.63, 3.8) is 0 Å². The average Bonchev–Trinajstić information content (AvgIpc) is 2.84. The molecule has 0 radical (unpaired) electrons. The van der Waals surface area contributed by atoms with Crippen LogP contribution >= 0.6 is 23.6 Å². The van der Waals surface area contributed by atoms with Gasteiger partial charge in [0.15, 0.2) is 27.8 Å². The number of nitrogen functional groups attached to an aromatic ring is 1. The van der Waals surface area contributed by atoms with Crippen LogP contribution in [0.5, 0.6) is 0 Å². The predicted molar refractivity (Wildman–Crippen MR) is 72.7 cm³/mol. The number of nitrogens with two attached hydrogens (primary N) is 1. The van der Waals surface area contributed by atoms with Gasteiger partial charge in [0.05, 0.1) is 19.3 Å². The van der Waals surface area contributed by atoms with Gasteiger partial charge in [-0.2, -0.15) is 0 Å². The topological polar surface area (TPSA) is 113 Å². The van der Waals surface area contributed by atoms with E-state index in [1.807, 2.05) is 0 Å². The second-order valence-electron chi connectivity index (χ2n) is 3.44. The summed E-state index contributed by atoms with van der Waals surface area (Å²) in [6.07, 6.45) is 3.22. The molecular weight excluding hydrogens is 307 g/mol. The van der Waals surface area contributed by atoms with Gasteiger partial charge in [0.2, 0.25) is 0 Å². The van der Waals surface area contributed by atoms with E-state index < -0.39 is 7.30 Å². The van der Waals surface area contributed by atoms with E-state index in [0.717, 1.165) is 0 Å². The molecule has 19 heavy (non-hydrogen) atoms. The number of rotatable bonds is 7. The molecule has 0 bridgehead atoms. The fourth-order valence-electron chi connectivity index (χ4n) is 1.43. The number of aromatic nitrogens is 4. The lowest BCUT2D eigenvalue weighted by Crippen LogP contribution is -2.05. The first-order valence-electron chi connectivity index (χ1n) is 5.19. The summed E-state index contributed by atoms with van der Waals surface area (Å²) < 4.78 is 28.2. The average molecular weight is 317 g/mol. The highest BCUT2D eigenvalue weighted by molar-refractivity contribution is 8.46. The van der Waals surface area contributed by atoms with E-state index in [1.54, 1.807) is 10.9 Å². The number of fused-ring (bicyclic) bond motifs is 1.